The van der Waals surface area contributed by atoms with E-state index in [4.69, 9.17) is 4.42 Å². The highest BCUT2D eigenvalue weighted by atomic mass is 32.2. The van der Waals surface area contributed by atoms with Gasteiger partial charge in [-0.05, 0) is 25.3 Å². The van der Waals surface area contributed by atoms with Gasteiger partial charge in [-0.1, -0.05) is 32.0 Å². The molecule has 0 unspecified atom stereocenters. The monoisotopic (exact) mass is 349 g/mol. The average Bonchev–Trinajstić information content (AvgIpc) is 3.05. The summed E-state index contributed by atoms with van der Waals surface area (Å²) in [7, 11) is -3.07. The SMILES string of the molecule is Cc1c([C@H](NC(=O)[C@H]2CCS(=O)(=O)C2)C(C)C)oc2ccccc12. The van der Waals surface area contributed by atoms with Gasteiger partial charge in [0.25, 0.3) is 0 Å². The number of amides is 1. The van der Waals surface area contributed by atoms with Gasteiger partial charge in [-0.15, -0.1) is 0 Å². The van der Waals surface area contributed by atoms with Gasteiger partial charge in [0, 0.05) is 10.9 Å². The number of nitrogens with one attached hydrogen (secondary N) is 1. The summed E-state index contributed by atoms with van der Waals surface area (Å²) in [6, 6.07) is 7.52. The van der Waals surface area contributed by atoms with Crippen LogP contribution in [-0.4, -0.2) is 25.8 Å². The highest BCUT2D eigenvalue weighted by Gasteiger charge is 2.35. The molecule has 0 radical (unpaired) electrons. The number of para-hydroxylation sites is 1. The third kappa shape index (κ3) is 3.20. The van der Waals surface area contributed by atoms with Crippen LogP contribution in [0.1, 0.15) is 37.6 Å². The predicted molar refractivity (Wildman–Crippen MR) is 93.4 cm³/mol. The zero-order valence-electron chi connectivity index (χ0n) is 14.2. The lowest BCUT2D eigenvalue weighted by Crippen LogP contribution is -2.36. The second-order valence-electron chi connectivity index (χ2n) is 6.92. The first-order valence-corrected chi connectivity index (χ1v) is 10.1. The molecule has 1 aromatic carbocycles. The molecule has 2 heterocycles. The quantitative estimate of drug-likeness (QED) is 0.920. The second kappa shape index (κ2) is 6.24. The number of furan rings is 1. The molecule has 1 aromatic heterocycles. The topological polar surface area (TPSA) is 76.4 Å². The molecule has 1 N–H and O–H groups in total. The zero-order chi connectivity index (χ0) is 17.5. The first kappa shape index (κ1) is 17.0. The molecule has 1 fully saturated rings. The van der Waals surface area contributed by atoms with Crippen molar-refractivity contribution < 1.29 is 17.6 Å². The summed E-state index contributed by atoms with van der Waals surface area (Å²) in [5.41, 5.74) is 1.82. The third-order valence-electron chi connectivity index (χ3n) is 4.73. The summed E-state index contributed by atoms with van der Waals surface area (Å²) >= 11 is 0. The van der Waals surface area contributed by atoms with Crippen molar-refractivity contribution in [3.63, 3.8) is 0 Å². The smallest absolute Gasteiger partial charge is 0.224 e. The van der Waals surface area contributed by atoms with Crippen LogP contribution < -0.4 is 5.32 Å². The van der Waals surface area contributed by atoms with E-state index in [1.54, 1.807) is 0 Å². The molecule has 2 aromatic rings. The van der Waals surface area contributed by atoms with Crippen LogP contribution in [0.2, 0.25) is 0 Å². The molecular weight excluding hydrogens is 326 g/mol. The van der Waals surface area contributed by atoms with Gasteiger partial charge in [0.2, 0.25) is 5.91 Å². The number of benzene rings is 1. The number of fused-ring (bicyclic) bond motifs is 1. The molecule has 24 heavy (non-hydrogen) atoms. The first-order chi connectivity index (χ1) is 11.3. The van der Waals surface area contributed by atoms with Crippen molar-refractivity contribution in [2.75, 3.05) is 11.5 Å². The van der Waals surface area contributed by atoms with Gasteiger partial charge >= 0.3 is 0 Å². The molecule has 1 amide bonds. The largest absolute Gasteiger partial charge is 0.459 e. The standard InChI is InChI=1S/C18H23NO4S/c1-11(2)16(19-18(20)13-8-9-24(21,22)10-13)17-12(3)14-6-4-5-7-15(14)23-17/h4-7,11,13,16H,8-10H2,1-3H3,(H,19,20)/t13-,16+/m0/s1. The van der Waals surface area contributed by atoms with Crippen molar-refractivity contribution in [3.8, 4) is 0 Å². The van der Waals surface area contributed by atoms with Gasteiger partial charge in [-0.25, -0.2) is 8.42 Å². The van der Waals surface area contributed by atoms with Crippen molar-refractivity contribution >= 4 is 26.7 Å². The summed E-state index contributed by atoms with van der Waals surface area (Å²) in [5.74, 6) is 0.270. The van der Waals surface area contributed by atoms with Crippen molar-refractivity contribution in [2.24, 2.45) is 11.8 Å². The van der Waals surface area contributed by atoms with E-state index in [1.807, 2.05) is 45.0 Å². The van der Waals surface area contributed by atoms with E-state index in [2.05, 4.69) is 5.32 Å². The van der Waals surface area contributed by atoms with Crippen molar-refractivity contribution in [2.45, 2.75) is 33.2 Å². The summed E-state index contributed by atoms with van der Waals surface area (Å²) in [5, 5.41) is 4.05. The third-order valence-corrected chi connectivity index (χ3v) is 6.50. The Balaban J connectivity index is 1.87. The Morgan fingerprint density at radius 2 is 2.00 bits per heavy atom. The van der Waals surface area contributed by atoms with E-state index < -0.39 is 15.8 Å². The van der Waals surface area contributed by atoms with Crippen LogP contribution in [0.4, 0.5) is 0 Å². The van der Waals surface area contributed by atoms with Crippen LogP contribution in [0.3, 0.4) is 0 Å². The molecule has 3 rings (SSSR count). The lowest BCUT2D eigenvalue weighted by Gasteiger charge is -2.23. The van der Waals surface area contributed by atoms with Gasteiger partial charge in [0.15, 0.2) is 9.84 Å². The van der Waals surface area contributed by atoms with Crippen molar-refractivity contribution in [3.05, 3.63) is 35.6 Å². The van der Waals surface area contributed by atoms with Crippen LogP contribution in [0.15, 0.2) is 28.7 Å². The second-order valence-corrected chi connectivity index (χ2v) is 9.15. The van der Waals surface area contributed by atoms with E-state index in [-0.39, 0.29) is 29.4 Å². The number of carbonyl (C=O) groups excluding carboxylic acids is 1. The summed E-state index contributed by atoms with van der Waals surface area (Å²) in [6.07, 6.45) is 0.401. The molecule has 6 heteroatoms. The van der Waals surface area contributed by atoms with E-state index in [1.165, 1.54) is 0 Å². The van der Waals surface area contributed by atoms with Gasteiger partial charge in [0.1, 0.15) is 11.3 Å². The molecule has 2 atom stereocenters. The van der Waals surface area contributed by atoms with Gasteiger partial charge < -0.3 is 9.73 Å². The maximum atomic E-state index is 12.5. The van der Waals surface area contributed by atoms with E-state index in [0.29, 0.717) is 6.42 Å². The van der Waals surface area contributed by atoms with Crippen LogP contribution in [-0.2, 0) is 14.6 Å². The van der Waals surface area contributed by atoms with E-state index >= 15 is 0 Å². The van der Waals surface area contributed by atoms with Crippen LogP contribution in [0.25, 0.3) is 11.0 Å². The maximum absolute atomic E-state index is 12.5. The minimum absolute atomic E-state index is 0.0528. The molecule has 0 saturated carbocycles. The van der Waals surface area contributed by atoms with Gasteiger partial charge in [-0.3, -0.25) is 4.79 Å². The Hall–Kier alpha value is -1.82. The number of aryl methyl sites for hydroxylation is 1. The fourth-order valence-corrected chi connectivity index (χ4v) is 5.04. The molecule has 1 aliphatic heterocycles. The molecule has 1 saturated heterocycles. The average molecular weight is 349 g/mol. The molecule has 5 nitrogen and oxygen atoms in total. The fraction of sp³-hybridized carbons (Fsp3) is 0.500. The maximum Gasteiger partial charge on any atom is 0.224 e. The highest BCUT2D eigenvalue weighted by Crippen LogP contribution is 2.33. The minimum atomic E-state index is -3.07. The molecule has 0 bridgehead atoms. The Morgan fingerprint density at radius 1 is 1.29 bits per heavy atom. The molecule has 0 aliphatic carbocycles. The summed E-state index contributed by atoms with van der Waals surface area (Å²) in [4.78, 5) is 12.5. The molecular formula is C18H23NO4S. The normalized spacial score (nSPS) is 21.2. The zero-order valence-corrected chi connectivity index (χ0v) is 15.0. The van der Waals surface area contributed by atoms with Crippen molar-refractivity contribution in [1.82, 2.24) is 5.32 Å². The number of hydrogen-bond acceptors (Lipinski definition) is 4. The predicted octanol–water partition coefficient (Wildman–Crippen LogP) is 2.99. The fourth-order valence-electron chi connectivity index (χ4n) is 3.30. The number of hydrogen-bond donors (Lipinski definition) is 1. The lowest BCUT2D eigenvalue weighted by molar-refractivity contribution is -0.125. The summed E-state index contributed by atoms with van der Waals surface area (Å²) < 4.78 is 29.2. The summed E-state index contributed by atoms with van der Waals surface area (Å²) in [6.45, 7) is 6.02. The Morgan fingerprint density at radius 3 is 2.58 bits per heavy atom. The Kier molecular flexibility index (Phi) is 4.42. The minimum Gasteiger partial charge on any atom is -0.459 e. The molecule has 0 spiro atoms. The van der Waals surface area contributed by atoms with Crippen LogP contribution in [0, 0.1) is 18.8 Å². The van der Waals surface area contributed by atoms with Gasteiger partial charge in [0.05, 0.1) is 23.5 Å². The van der Waals surface area contributed by atoms with Gasteiger partial charge in [-0.2, -0.15) is 0 Å². The highest BCUT2D eigenvalue weighted by molar-refractivity contribution is 7.91. The van der Waals surface area contributed by atoms with Crippen LogP contribution >= 0.6 is 0 Å². The number of carbonyl (C=O) groups is 1. The van der Waals surface area contributed by atoms with E-state index in [9.17, 15) is 13.2 Å². The number of rotatable bonds is 4. The Labute approximate surface area is 142 Å². The van der Waals surface area contributed by atoms with Crippen LogP contribution in [0.5, 0.6) is 0 Å². The van der Waals surface area contributed by atoms with Crippen molar-refractivity contribution in [1.29, 1.82) is 0 Å². The first-order valence-electron chi connectivity index (χ1n) is 8.27. The number of sulfone groups is 1. The molecule has 130 valence electrons. The lowest BCUT2D eigenvalue weighted by atomic mass is 9.97. The molecule has 1 aliphatic rings. The Bertz CT molecular complexity index is 866. The van der Waals surface area contributed by atoms with E-state index in [0.717, 1.165) is 22.3 Å².